The lowest BCUT2D eigenvalue weighted by Crippen LogP contribution is -2.52. The lowest BCUT2D eigenvalue weighted by molar-refractivity contribution is 0.0263. The lowest BCUT2D eigenvalue weighted by Gasteiger charge is -2.28. The number of hydrogen-bond donors (Lipinski definition) is 2. The van der Waals surface area contributed by atoms with Gasteiger partial charge in [0.05, 0.1) is 13.2 Å². The highest BCUT2D eigenvalue weighted by Gasteiger charge is 2.21. The maximum Gasteiger partial charge on any atom is 0.292 e. The summed E-state index contributed by atoms with van der Waals surface area (Å²) in [4.78, 5) is 2.47. The van der Waals surface area contributed by atoms with Gasteiger partial charge in [-0.25, -0.2) is 5.01 Å². The van der Waals surface area contributed by atoms with Crippen LogP contribution in [-0.2, 0) is 14.9 Å². The number of nitrogens with one attached hydrogen (secondary N) is 1. The van der Waals surface area contributed by atoms with E-state index in [0.717, 1.165) is 0 Å². The molecule has 0 aromatic carbocycles. The molecule has 16 heavy (non-hydrogen) atoms. The van der Waals surface area contributed by atoms with Crippen LogP contribution >= 0.6 is 0 Å². The van der Waals surface area contributed by atoms with Gasteiger partial charge < -0.3 is 9.84 Å². The molecule has 0 spiro atoms. The fraction of sp³-hybridized carbons (Fsp3) is 1.00. The number of hydrazine groups is 1. The molecule has 0 amide bonds. The zero-order valence-electron chi connectivity index (χ0n) is 9.42. The Balaban J connectivity index is 2.42. The first kappa shape index (κ1) is 13.8. The van der Waals surface area contributed by atoms with Gasteiger partial charge in [-0.15, -0.1) is 4.83 Å². The molecule has 1 rings (SSSR count). The minimum absolute atomic E-state index is 0.0165. The maximum atomic E-state index is 11.8. The van der Waals surface area contributed by atoms with Crippen LogP contribution in [0, 0.1) is 0 Å². The standard InChI is InChI=1S/C8H19N3O4S/c1-10(3-2-6-12)16(13,14)9-11-4-7-15-8-5-11/h9,12H,2-8H2,1H3. The van der Waals surface area contributed by atoms with Gasteiger partial charge in [-0.05, 0) is 6.42 Å². The van der Waals surface area contributed by atoms with Crippen LogP contribution in [0.4, 0.5) is 0 Å². The normalized spacial score (nSPS) is 19.2. The SMILES string of the molecule is CN(CCCO)S(=O)(=O)NN1CCOCC1. The van der Waals surface area contributed by atoms with Gasteiger partial charge in [-0.2, -0.15) is 12.7 Å². The van der Waals surface area contributed by atoms with Crippen LogP contribution in [0.2, 0.25) is 0 Å². The van der Waals surface area contributed by atoms with Crippen LogP contribution in [0.15, 0.2) is 0 Å². The first-order valence-electron chi connectivity index (χ1n) is 5.23. The molecular weight excluding hydrogens is 234 g/mol. The summed E-state index contributed by atoms with van der Waals surface area (Å²) in [5.41, 5.74) is 0. The van der Waals surface area contributed by atoms with Crippen LogP contribution in [-0.4, -0.2) is 69.3 Å². The van der Waals surface area contributed by atoms with Crippen LogP contribution in [0.3, 0.4) is 0 Å². The van der Waals surface area contributed by atoms with Crippen molar-refractivity contribution in [1.29, 1.82) is 0 Å². The van der Waals surface area contributed by atoms with E-state index >= 15 is 0 Å². The third-order valence-corrected chi connectivity index (χ3v) is 3.79. The van der Waals surface area contributed by atoms with E-state index in [1.54, 1.807) is 5.01 Å². The molecule has 0 bridgehead atoms. The molecule has 0 saturated carbocycles. The van der Waals surface area contributed by atoms with E-state index < -0.39 is 10.2 Å². The highest BCUT2D eigenvalue weighted by atomic mass is 32.2. The van der Waals surface area contributed by atoms with Crippen molar-refractivity contribution in [2.45, 2.75) is 6.42 Å². The maximum absolute atomic E-state index is 11.8. The number of aliphatic hydroxyl groups is 1. The van der Waals surface area contributed by atoms with Gasteiger partial charge in [-0.1, -0.05) is 0 Å². The first-order valence-corrected chi connectivity index (χ1v) is 6.67. The summed E-state index contributed by atoms with van der Waals surface area (Å²) >= 11 is 0. The summed E-state index contributed by atoms with van der Waals surface area (Å²) in [5, 5.41) is 10.3. The van der Waals surface area contributed by atoms with E-state index in [1.807, 2.05) is 0 Å². The number of hydrogen-bond acceptors (Lipinski definition) is 5. The average Bonchev–Trinajstić information content (AvgIpc) is 2.26. The minimum atomic E-state index is -3.49. The molecule has 0 atom stereocenters. The van der Waals surface area contributed by atoms with Gasteiger partial charge in [0.1, 0.15) is 0 Å². The van der Waals surface area contributed by atoms with Crippen molar-refractivity contribution in [2.24, 2.45) is 0 Å². The Morgan fingerprint density at radius 3 is 2.62 bits per heavy atom. The molecule has 1 saturated heterocycles. The zero-order chi connectivity index (χ0) is 12.0. The van der Waals surface area contributed by atoms with Gasteiger partial charge in [0.15, 0.2) is 0 Å². The third-order valence-electron chi connectivity index (χ3n) is 2.30. The second-order valence-electron chi connectivity index (χ2n) is 3.59. The monoisotopic (exact) mass is 253 g/mol. The Kier molecular flexibility index (Phi) is 5.59. The second kappa shape index (κ2) is 6.48. The molecule has 0 aromatic heterocycles. The number of morpholine rings is 1. The lowest BCUT2D eigenvalue weighted by atomic mass is 10.5. The third kappa shape index (κ3) is 4.32. The number of aliphatic hydroxyl groups excluding tert-OH is 1. The summed E-state index contributed by atoms with van der Waals surface area (Å²) in [7, 11) is -2.00. The fourth-order valence-corrected chi connectivity index (χ4v) is 2.32. The number of rotatable bonds is 6. The molecule has 1 aliphatic rings. The van der Waals surface area contributed by atoms with Crippen molar-refractivity contribution in [1.82, 2.24) is 14.1 Å². The second-order valence-corrected chi connectivity index (χ2v) is 5.35. The van der Waals surface area contributed by atoms with Gasteiger partial charge in [-0.3, -0.25) is 0 Å². The smallest absolute Gasteiger partial charge is 0.292 e. The molecule has 1 aliphatic heterocycles. The molecule has 1 fully saturated rings. The van der Waals surface area contributed by atoms with E-state index in [0.29, 0.717) is 39.3 Å². The minimum Gasteiger partial charge on any atom is -0.396 e. The Morgan fingerprint density at radius 1 is 1.44 bits per heavy atom. The average molecular weight is 253 g/mol. The molecule has 0 aromatic rings. The Labute approximate surface area is 96.1 Å². The molecule has 96 valence electrons. The molecule has 0 radical (unpaired) electrons. The van der Waals surface area contributed by atoms with Gasteiger partial charge in [0, 0.05) is 33.3 Å². The Bertz CT molecular complexity index is 290. The van der Waals surface area contributed by atoms with E-state index in [2.05, 4.69) is 4.83 Å². The zero-order valence-corrected chi connectivity index (χ0v) is 10.2. The van der Waals surface area contributed by atoms with E-state index in [4.69, 9.17) is 9.84 Å². The topological polar surface area (TPSA) is 82.1 Å². The number of nitrogens with zero attached hydrogens (tertiary/aromatic N) is 2. The van der Waals surface area contributed by atoms with Crippen molar-refractivity contribution >= 4 is 10.2 Å². The highest BCUT2D eigenvalue weighted by molar-refractivity contribution is 7.87. The summed E-state index contributed by atoms with van der Waals surface area (Å²) in [6, 6.07) is 0. The Morgan fingerprint density at radius 2 is 2.06 bits per heavy atom. The fourth-order valence-electron chi connectivity index (χ4n) is 1.30. The van der Waals surface area contributed by atoms with Crippen LogP contribution in [0.5, 0.6) is 0 Å². The van der Waals surface area contributed by atoms with E-state index in [1.165, 1.54) is 11.4 Å². The molecule has 2 N–H and O–H groups in total. The van der Waals surface area contributed by atoms with Crippen molar-refractivity contribution in [3.8, 4) is 0 Å². The molecular formula is C8H19N3O4S. The number of ether oxygens (including phenoxy) is 1. The van der Waals surface area contributed by atoms with Gasteiger partial charge in [0.25, 0.3) is 10.2 Å². The highest BCUT2D eigenvalue weighted by Crippen LogP contribution is 1.99. The summed E-state index contributed by atoms with van der Waals surface area (Å²) in [6.07, 6.45) is 0.431. The van der Waals surface area contributed by atoms with E-state index in [-0.39, 0.29) is 6.61 Å². The molecule has 0 unspecified atom stereocenters. The predicted molar refractivity (Wildman–Crippen MR) is 58.8 cm³/mol. The molecule has 8 heteroatoms. The van der Waals surface area contributed by atoms with Gasteiger partial charge >= 0.3 is 0 Å². The van der Waals surface area contributed by atoms with Crippen molar-refractivity contribution < 1.29 is 18.3 Å². The largest absolute Gasteiger partial charge is 0.396 e. The van der Waals surface area contributed by atoms with Crippen molar-refractivity contribution in [2.75, 3.05) is 46.5 Å². The summed E-state index contributed by atoms with van der Waals surface area (Å²) in [5.74, 6) is 0. The van der Waals surface area contributed by atoms with Crippen LogP contribution in [0.25, 0.3) is 0 Å². The summed E-state index contributed by atoms with van der Waals surface area (Å²) in [6.45, 7) is 2.44. The quantitative estimate of drug-likeness (QED) is 0.595. The van der Waals surface area contributed by atoms with Gasteiger partial charge in [0.2, 0.25) is 0 Å². The van der Waals surface area contributed by atoms with Crippen LogP contribution < -0.4 is 4.83 Å². The summed E-state index contributed by atoms with van der Waals surface area (Å²) < 4.78 is 29.8. The molecule has 7 nitrogen and oxygen atoms in total. The van der Waals surface area contributed by atoms with Crippen molar-refractivity contribution in [3.63, 3.8) is 0 Å². The van der Waals surface area contributed by atoms with Crippen molar-refractivity contribution in [3.05, 3.63) is 0 Å². The van der Waals surface area contributed by atoms with E-state index in [9.17, 15) is 8.42 Å². The Hall–Kier alpha value is -0.250. The first-order chi connectivity index (χ1) is 7.56. The molecule has 1 heterocycles. The molecule has 0 aliphatic carbocycles. The predicted octanol–water partition coefficient (Wildman–Crippen LogP) is -1.62. The van der Waals surface area contributed by atoms with Crippen LogP contribution in [0.1, 0.15) is 6.42 Å².